The van der Waals surface area contributed by atoms with Crippen molar-refractivity contribution in [1.82, 2.24) is 0 Å². The van der Waals surface area contributed by atoms with Gasteiger partial charge in [-0.25, -0.2) is 0 Å². The molecule has 13 heavy (non-hydrogen) atoms. The third kappa shape index (κ3) is 1.17. The van der Waals surface area contributed by atoms with E-state index in [2.05, 4.69) is 6.92 Å². The zero-order valence-corrected chi connectivity index (χ0v) is 8.84. The first-order chi connectivity index (χ1) is 6.38. The molecule has 0 radical (unpaired) electrons. The molecule has 3 rings (SSSR count). The first kappa shape index (κ1) is 8.32. The minimum Gasteiger partial charge on any atom is -0.0651 e. The van der Waals surface area contributed by atoms with Gasteiger partial charge in [-0.1, -0.05) is 32.6 Å². The molecule has 3 saturated carbocycles. The minimum absolute atomic E-state index is 1.11. The highest BCUT2D eigenvalue weighted by Gasteiger charge is 2.50. The zero-order chi connectivity index (χ0) is 8.84. The van der Waals surface area contributed by atoms with E-state index in [1.807, 2.05) is 0 Å². The molecule has 4 unspecified atom stereocenters. The Bertz CT molecular complexity index is 192. The first-order valence-electron chi connectivity index (χ1n) is 6.38. The van der Waals surface area contributed by atoms with Crippen LogP contribution in [0.15, 0.2) is 0 Å². The second-order valence-corrected chi connectivity index (χ2v) is 5.76. The molecule has 0 amide bonds. The van der Waals surface area contributed by atoms with Gasteiger partial charge in [-0.3, -0.25) is 0 Å². The number of rotatable bonds is 2. The largest absolute Gasteiger partial charge is 0.0651 e. The molecule has 0 nitrogen and oxygen atoms in total. The average Bonchev–Trinajstić information content (AvgIpc) is 2.35. The Morgan fingerprint density at radius 1 is 0.923 bits per heavy atom. The van der Waals surface area contributed by atoms with E-state index in [0.29, 0.717) is 0 Å². The summed E-state index contributed by atoms with van der Waals surface area (Å²) >= 11 is 0. The zero-order valence-electron chi connectivity index (χ0n) is 8.84. The smallest absolute Gasteiger partial charge is 0.0352 e. The van der Waals surface area contributed by atoms with Crippen LogP contribution in [0.5, 0.6) is 0 Å². The van der Waals surface area contributed by atoms with Gasteiger partial charge in [0.25, 0.3) is 0 Å². The summed E-state index contributed by atoms with van der Waals surface area (Å²) in [6.45, 7) is 2.38. The number of hydrogen-bond acceptors (Lipinski definition) is 0. The van der Waals surface area contributed by atoms with Crippen LogP contribution in [0.3, 0.4) is 0 Å². The minimum atomic E-state index is 1.11. The molecular formula is C13H22. The van der Waals surface area contributed by atoms with Crippen LogP contribution >= 0.6 is 0 Å². The summed E-state index contributed by atoms with van der Waals surface area (Å²) in [4.78, 5) is 0. The Morgan fingerprint density at radius 3 is 2.31 bits per heavy atom. The van der Waals surface area contributed by atoms with E-state index in [4.69, 9.17) is 0 Å². The highest BCUT2D eigenvalue weighted by molar-refractivity contribution is 5.00. The second-order valence-electron chi connectivity index (χ2n) is 5.76. The van der Waals surface area contributed by atoms with E-state index in [1.165, 1.54) is 36.5 Å². The lowest BCUT2D eigenvalue weighted by Crippen LogP contribution is -2.40. The molecule has 0 heteroatoms. The monoisotopic (exact) mass is 178 g/mol. The van der Waals surface area contributed by atoms with Crippen molar-refractivity contribution >= 4 is 0 Å². The lowest BCUT2D eigenvalue weighted by molar-refractivity contribution is 0.0131. The molecule has 0 aliphatic heterocycles. The summed E-state index contributed by atoms with van der Waals surface area (Å²) in [5.74, 6) is 5.85. The molecule has 0 aromatic rings. The van der Waals surface area contributed by atoms with Crippen LogP contribution in [0.1, 0.15) is 51.9 Å². The van der Waals surface area contributed by atoms with E-state index >= 15 is 0 Å². The topological polar surface area (TPSA) is 0 Å². The summed E-state index contributed by atoms with van der Waals surface area (Å²) in [6, 6.07) is 0. The fourth-order valence-electron chi connectivity index (χ4n) is 4.14. The van der Waals surface area contributed by atoms with Gasteiger partial charge in [-0.05, 0) is 48.9 Å². The number of fused-ring (bicyclic) bond motifs is 1. The van der Waals surface area contributed by atoms with Crippen molar-refractivity contribution in [1.29, 1.82) is 0 Å². The SMILES string of the molecule is CCC1CC2CC(C3CCC3)C2C1. The Labute approximate surface area is 82.1 Å². The van der Waals surface area contributed by atoms with E-state index in [9.17, 15) is 0 Å². The second kappa shape index (κ2) is 3.00. The standard InChI is InChI=1S/C13H22/c1-2-9-6-11-8-13(12(11)7-9)10-4-3-5-10/h9-13H,2-8H2,1H3. The quantitative estimate of drug-likeness (QED) is 0.602. The van der Waals surface area contributed by atoms with Crippen LogP contribution < -0.4 is 0 Å². The van der Waals surface area contributed by atoms with Gasteiger partial charge in [0.15, 0.2) is 0 Å². The summed E-state index contributed by atoms with van der Waals surface area (Å²) in [5, 5.41) is 0. The van der Waals surface area contributed by atoms with E-state index in [1.54, 1.807) is 32.1 Å². The molecule has 0 aromatic heterocycles. The Kier molecular flexibility index (Phi) is 1.92. The maximum Gasteiger partial charge on any atom is -0.0352 e. The molecule has 3 aliphatic carbocycles. The van der Waals surface area contributed by atoms with E-state index in [-0.39, 0.29) is 0 Å². The van der Waals surface area contributed by atoms with Gasteiger partial charge in [-0.2, -0.15) is 0 Å². The van der Waals surface area contributed by atoms with Gasteiger partial charge < -0.3 is 0 Å². The van der Waals surface area contributed by atoms with E-state index < -0.39 is 0 Å². The van der Waals surface area contributed by atoms with Gasteiger partial charge in [0.1, 0.15) is 0 Å². The molecule has 0 saturated heterocycles. The van der Waals surface area contributed by atoms with E-state index in [0.717, 1.165) is 5.92 Å². The van der Waals surface area contributed by atoms with Crippen molar-refractivity contribution in [3.8, 4) is 0 Å². The summed E-state index contributed by atoms with van der Waals surface area (Å²) in [6.07, 6.45) is 10.9. The third-order valence-electron chi connectivity index (χ3n) is 5.30. The lowest BCUT2D eigenvalue weighted by atomic mass is 9.57. The molecule has 74 valence electrons. The van der Waals surface area contributed by atoms with Crippen LogP contribution in [-0.2, 0) is 0 Å². The van der Waals surface area contributed by atoms with Crippen LogP contribution in [-0.4, -0.2) is 0 Å². The van der Waals surface area contributed by atoms with Crippen molar-refractivity contribution in [3.05, 3.63) is 0 Å². The van der Waals surface area contributed by atoms with Crippen LogP contribution in [0.4, 0.5) is 0 Å². The molecule has 3 fully saturated rings. The van der Waals surface area contributed by atoms with Crippen LogP contribution in [0, 0.1) is 29.6 Å². The average molecular weight is 178 g/mol. The van der Waals surface area contributed by atoms with Gasteiger partial charge in [0.05, 0.1) is 0 Å². The molecule has 0 heterocycles. The predicted molar refractivity (Wildman–Crippen MR) is 55.4 cm³/mol. The van der Waals surface area contributed by atoms with Crippen molar-refractivity contribution in [2.24, 2.45) is 29.6 Å². The summed E-state index contributed by atoms with van der Waals surface area (Å²) in [7, 11) is 0. The molecule has 4 atom stereocenters. The van der Waals surface area contributed by atoms with Crippen molar-refractivity contribution in [3.63, 3.8) is 0 Å². The third-order valence-corrected chi connectivity index (χ3v) is 5.30. The van der Waals surface area contributed by atoms with Gasteiger partial charge >= 0.3 is 0 Å². The van der Waals surface area contributed by atoms with Crippen LogP contribution in [0.25, 0.3) is 0 Å². The maximum absolute atomic E-state index is 2.38. The highest BCUT2D eigenvalue weighted by Crippen LogP contribution is 2.59. The molecule has 0 N–H and O–H groups in total. The lowest BCUT2D eigenvalue weighted by Gasteiger charge is -2.48. The molecule has 0 aromatic carbocycles. The Morgan fingerprint density at radius 2 is 1.69 bits per heavy atom. The van der Waals surface area contributed by atoms with Gasteiger partial charge in [-0.15, -0.1) is 0 Å². The normalized spacial score (nSPS) is 49.6. The van der Waals surface area contributed by atoms with Crippen molar-refractivity contribution in [2.75, 3.05) is 0 Å². The first-order valence-corrected chi connectivity index (χ1v) is 6.38. The molecule has 0 bridgehead atoms. The van der Waals surface area contributed by atoms with Gasteiger partial charge in [0, 0.05) is 0 Å². The fourth-order valence-corrected chi connectivity index (χ4v) is 4.14. The summed E-state index contributed by atoms with van der Waals surface area (Å²) < 4.78 is 0. The van der Waals surface area contributed by atoms with Crippen molar-refractivity contribution < 1.29 is 0 Å². The molecular weight excluding hydrogens is 156 g/mol. The van der Waals surface area contributed by atoms with Gasteiger partial charge in [0.2, 0.25) is 0 Å². The van der Waals surface area contributed by atoms with Crippen LogP contribution in [0.2, 0.25) is 0 Å². The molecule has 0 spiro atoms. The van der Waals surface area contributed by atoms with Crippen molar-refractivity contribution in [2.45, 2.75) is 51.9 Å². The fraction of sp³-hybridized carbons (Fsp3) is 1.00. The highest BCUT2D eigenvalue weighted by atomic mass is 14.5. The number of hydrogen-bond donors (Lipinski definition) is 0. The Hall–Kier alpha value is 0. The summed E-state index contributed by atoms with van der Waals surface area (Å²) in [5.41, 5.74) is 0. The molecule has 3 aliphatic rings. The maximum atomic E-state index is 2.38. The Balaban J connectivity index is 1.59. The predicted octanol–water partition coefficient (Wildman–Crippen LogP) is 3.86.